The molecule has 1 aliphatic heterocycles. The van der Waals surface area contributed by atoms with Crippen molar-refractivity contribution in [2.45, 2.75) is 95.8 Å². The molecule has 0 radical (unpaired) electrons. The minimum absolute atomic E-state index is 0.161. The maximum Gasteiger partial charge on any atom is 0.237 e. The second-order valence-corrected chi connectivity index (χ2v) is 7.29. The van der Waals surface area contributed by atoms with Gasteiger partial charge in [-0.05, 0) is 65.3 Å². The lowest BCUT2D eigenvalue weighted by Gasteiger charge is -2.48. The second-order valence-electron chi connectivity index (χ2n) is 7.29. The number of rotatable bonds is 5. The summed E-state index contributed by atoms with van der Waals surface area (Å²) in [6, 6.07) is 1.51. The first kappa shape index (κ1) is 16.8. The zero-order chi connectivity index (χ0) is 15.5. The topological polar surface area (TPSA) is 58.4 Å². The summed E-state index contributed by atoms with van der Waals surface area (Å²) in [6.07, 6.45) is 9.27. The van der Waals surface area contributed by atoms with E-state index >= 15 is 0 Å². The van der Waals surface area contributed by atoms with Crippen molar-refractivity contribution < 1.29 is 4.79 Å². The molecule has 1 heterocycles. The first-order valence-corrected chi connectivity index (χ1v) is 8.82. The monoisotopic (exact) mass is 295 g/mol. The molecule has 0 aromatic rings. The highest BCUT2D eigenvalue weighted by molar-refractivity contribution is 5.85. The molecule has 122 valence electrons. The van der Waals surface area contributed by atoms with Crippen molar-refractivity contribution in [1.82, 2.24) is 10.2 Å². The van der Waals surface area contributed by atoms with Crippen molar-refractivity contribution in [2.75, 3.05) is 6.54 Å². The first-order valence-electron chi connectivity index (χ1n) is 8.82. The Labute approximate surface area is 129 Å². The summed E-state index contributed by atoms with van der Waals surface area (Å²) in [5, 5.41) is 3.50. The van der Waals surface area contributed by atoms with Gasteiger partial charge in [0, 0.05) is 18.1 Å². The van der Waals surface area contributed by atoms with Gasteiger partial charge in [0.05, 0.1) is 5.54 Å². The molecule has 1 aliphatic carbocycles. The van der Waals surface area contributed by atoms with Gasteiger partial charge in [-0.25, -0.2) is 0 Å². The summed E-state index contributed by atoms with van der Waals surface area (Å²) in [6.45, 7) is 7.69. The number of nitrogens with two attached hydrogens (primary N) is 1. The summed E-state index contributed by atoms with van der Waals surface area (Å²) in [4.78, 5) is 14.8. The SMILES string of the molecule is CCC1CCCCN1C1CCCC(NC(C)C)(C(N)=O)C1. The Bertz CT molecular complexity index is 358. The lowest BCUT2D eigenvalue weighted by Crippen LogP contribution is -2.63. The van der Waals surface area contributed by atoms with E-state index in [1.807, 2.05) is 0 Å². The number of amides is 1. The fraction of sp³-hybridized carbons (Fsp3) is 0.941. The molecule has 3 atom stereocenters. The van der Waals surface area contributed by atoms with E-state index in [2.05, 4.69) is 31.0 Å². The minimum Gasteiger partial charge on any atom is -0.368 e. The molecule has 0 bridgehead atoms. The van der Waals surface area contributed by atoms with E-state index in [0.29, 0.717) is 18.1 Å². The van der Waals surface area contributed by atoms with Crippen LogP contribution in [-0.2, 0) is 4.79 Å². The van der Waals surface area contributed by atoms with Crippen molar-refractivity contribution in [1.29, 1.82) is 0 Å². The predicted molar refractivity (Wildman–Crippen MR) is 87.1 cm³/mol. The summed E-state index contributed by atoms with van der Waals surface area (Å²) < 4.78 is 0. The van der Waals surface area contributed by atoms with Crippen LogP contribution in [0.3, 0.4) is 0 Å². The van der Waals surface area contributed by atoms with Crippen LogP contribution in [-0.4, -0.2) is 41.0 Å². The molecule has 1 saturated carbocycles. The van der Waals surface area contributed by atoms with Crippen LogP contribution in [0.25, 0.3) is 0 Å². The first-order chi connectivity index (χ1) is 9.98. The average Bonchev–Trinajstić information content (AvgIpc) is 2.46. The highest BCUT2D eigenvalue weighted by Gasteiger charge is 2.44. The number of likely N-dealkylation sites (tertiary alicyclic amines) is 1. The van der Waals surface area contributed by atoms with Gasteiger partial charge in [-0.2, -0.15) is 0 Å². The summed E-state index contributed by atoms with van der Waals surface area (Å²) in [5.74, 6) is -0.161. The van der Waals surface area contributed by atoms with Crippen LogP contribution in [0.4, 0.5) is 0 Å². The van der Waals surface area contributed by atoms with Gasteiger partial charge in [0.15, 0.2) is 0 Å². The van der Waals surface area contributed by atoms with Crippen molar-refractivity contribution >= 4 is 5.91 Å². The molecule has 1 amide bonds. The van der Waals surface area contributed by atoms with Gasteiger partial charge in [0.1, 0.15) is 0 Å². The van der Waals surface area contributed by atoms with Gasteiger partial charge in [0.2, 0.25) is 5.91 Å². The number of primary amides is 1. The summed E-state index contributed by atoms with van der Waals surface area (Å²) in [7, 11) is 0. The van der Waals surface area contributed by atoms with Crippen LogP contribution in [0.5, 0.6) is 0 Å². The van der Waals surface area contributed by atoms with Crippen molar-refractivity contribution in [3.8, 4) is 0 Å². The van der Waals surface area contributed by atoms with Gasteiger partial charge in [-0.15, -0.1) is 0 Å². The van der Waals surface area contributed by atoms with E-state index in [-0.39, 0.29) is 5.91 Å². The number of piperidine rings is 1. The number of hydrogen-bond donors (Lipinski definition) is 2. The Hall–Kier alpha value is -0.610. The molecule has 2 aliphatic rings. The molecule has 4 nitrogen and oxygen atoms in total. The van der Waals surface area contributed by atoms with Crippen LogP contribution in [0.2, 0.25) is 0 Å². The average molecular weight is 295 g/mol. The summed E-state index contributed by atoms with van der Waals surface area (Å²) >= 11 is 0. The van der Waals surface area contributed by atoms with Crippen molar-refractivity contribution in [3.05, 3.63) is 0 Å². The standard InChI is InChI=1S/C17H33N3O/c1-4-14-8-5-6-11-20(14)15-9-7-10-17(12-15,16(18)21)19-13(2)3/h13-15,19H,4-12H2,1-3H3,(H2,18,21). The molecule has 21 heavy (non-hydrogen) atoms. The van der Waals surface area contributed by atoms with E-state index in [4.69, 9.17) is 5.73 Å². The molecule has 2 fully saturated rings. The molecule has 0 aromatic heterocycles. The van der Waals surface area contributed by atoms with E-state index in [1.54, 1.807) is 0 Å². The number of carbonyl (C=O) groups is 1. The minimum atomic E-state index is -0.493. The molecule has 0 aromatic carbocycles. The molecule has 3 unspecified atom stereocenters. The van der Waals surface area contributed by atoms with E-state index in [0.717, 1.165) is 19.3 Å². The number of nitrogens with zero attached hydrogens (tertiary/aromatic N) is 1. The smallest absolute Gasteiger partial charge is 0.237 e. The van der Waals surface area contributed by atoms with Crippen molar-refractivity contribution in [3.63, 3.8) is 0 Å². The van der Waals surface area contributed by atoms with Gasteiger partial charge >= 0.3 is 0 Å². The molecular weight excluding hydrogens is 262 g/mol. The third-order valence-corrected chi connectivity index (χ3v) is 5.37. The maximum absolute atomic E-state index is 12.1. The molecule has 4 heteroatoms. The fourth-order valence-electron chi connectivity index (χ4n) is 4.45. The lowest BCUT2D eigenvalue weighted by molar-refractivity contribution is -0.127. The third-order valence-electron chi connectivity index (χ3n) is 5.37. The Balaban J connectivity index is 2.12. The van der Waals surface area contributed by atoms with Gasteiger partial charge < -0.3 is 11.1 Å². The predicted octanol–water partition coefficient (Wildman–Crippen LogP) is 2.42. The lowest BCUT2D eigenvalue weighted by atomic mass is 9.76. The molecule has 0 spiro atoms. The fourth-order valence-corrected chi connectivity index (χ4v) is 4.45. The van der Waals surface area contributed by atoms with Crippen LogP contribution in [0.1, 0.15) is 72.1 Å². The third kappa shape index (κ3) is 3.78. The van der Waals surface area contributed by atoms with Gasteiger partial charge in [0.25, 0.3) is 0 Å². The normalized spacial score (nSPS) is 35.0. The Morgan fingerprint density at radius 2 is 2.10 bits per heavy atom. The zero-order valence-electron chi connectivity index (χ0n) is 14.0. The molecule has 1 saturated heterocycles. The summed E-state index contributed by atoms with van der Waals surface area (Å²) in [5.41, 5.74) is 5.30. The van der Waals surface area contributed by atoms with E-state index < -0.39 is 5.54 Å². The quantitative estimate of drug-likeness (QED) is 0.819. The van der Waals surface area contributed by atoms with Crippen LogP contribution in [0.15, 0.2) is 0 Å². The van der Waals surface area contributed by atoms with E-state index in [1.165, 1.54) is 38.6 Å². The molecule has 2 rings (SSSR count). The van der Waals surface area contributed by atoms with Crippen LogP contribution in [0, 0.1) is 0 Å². The zero-order valence-corrected chi connectivity index (χ0v) is 14.0. The van der Waals surface area contributed by atoms with Gasteiger partial charge in [-0.3, -0.25) is 9.69 Å². The van der Waals surface area contributed by atoms with Crippen LogP contribution >= 0.6 is 0 Å². The Morgan fingerprint density at radius 3 is 2.71 bits per heavy atom. The van der Waals surface area contributed by atoms with Crippen LogP contribution < -0.4 is 11.1 Å². The Morgan fingerprint density at radius 1 is 1.33 bits per heavy atom. The number of nitrogens with one attached hydrogen (secondary N) is 1. The van der Waals surface area contributed by atoms with E-state index in [9.17, 15) is 4.79 Å². The van der Waals surface area contributed by atoms with Crippen molar-refractivity contribution in [2.24, 2.45) is 5.73 Å². The Kier molecular flexibility index (Phi) is 5.67. The number of hydrogen-bond acceptors (Lipinski definition) is 3. The maximum atomic E-state index is 12.1. The largest absolute Gasteiger partial charge is 0.368 e. The number of carbonyl (C=O) groups excluding carboxylic acids is 1. The van der Waals surface area contributed by atoms with Gasteiger partial charge in [-0.1, -0.05) is 13.3 Å². The highest BCUT2D eigenvalue weighted by Crippen LogP contribution is 2.35. The highest BCUT2D eigenvalue weighted by atomic mass is 16.1. The molecular formula is C17H33N3O. The second kappa shape index (κ2) is 7.10. The molecule has 3 N–H and O–H groups in total.